The van der Waals surface area contributed by atoms with Crippen molar-refractivity contribution in [1.29, 1.82) is 0 Å². The molecule has 0 bridgehead atoms. The molecule has 0 saturated carbocycles. The Balaban J connectivity index is 2.63. The van der Waals surface area contributed by atoms with Gasteiger partial charge in [0.2, 0.25) is 0 Å². The molecule has 0 saturated heterocycles. The number of carboxylic acid groups (broad SMARTS) is 1. The predicted molar refractivity (Wildman–Crippen MR) is 76.9 cm³/mol. The minimum Gasteiger partial charge on any atom is -0.478 e. The maximum absolute atomic E-state index is 11.4. The van der Waals surface area contributed by atoms with E-state index in [0.29, 0.717) is 5.82 Å². The van der Waals surface area contributed by atoms with E-state index in [9.17, 15) is 9.90 Å². The van der Waals surface area contributed by atoms with Gasteiger partial charge >= 0.3 is 5.97 Å². The number of nitrogens with zero attached hydrogens (tertiary/aromatic N) is 2. The molecule has 4 nitrogen and oxygen atoms in total. The number of hydrogen-bond acceptors (Lipinski definition) is 3. The lowest BCUT2D eigenvalue weighted by Crippen LogP contribution is -2.30. The lowest BCUT2D eigenvalue weighted by Gasteiger charge is -2.26. The Morgan fingerprint density at radius 2 is 2.11 bits per heavy atom. The minimum atomic E-state index is -0.941. The first-order valence-corrected chi connectivity index (χ1v) is 6.40. The van der Waals surface area contributed by atoms with Crippen molar-refractivity contribution in [2.24, 2.45) is 0 Å². The molecule has 2 aromatic rings. The Labute approximate surface area is 112 Å². The predicted octanol–water partition coefficient (Wildman–Crippen LogP) is 3.17. The van der Waals surface area contributed by atoms with Gasteiger partial charge in [-0.3, -0.25) is 0 Å². The SMILES string of the molecule is CCC(C)N(C)c1nc2ccccc2cc1C(=O)O. The summed E-state index contributed by atoms with van der Waals surface area (Å²) in [6, 6.07) is 9.50. The van der Waals surface area contributed by atoms with Crippen molar-refractivity contribution >= 4 is 22.7 Å². The van der Waals surface area contributed by atoms with Crippen LogP contribution in [-0.4, -0.2) is 29.1 Å². The Morgan fingerprint density at radius 3 is 2.74 bits per heavy atom. The molecule has 0 radical (unpaired) electrons. The minimum absolute atomic E-state index is 0.242. The van der Waals surface area contributed by atoms with E-state index in [2.05, 4.69) is 18.8 Å². The average Bonchev–Trinajstić information content (AvgIpc) is 2.44. The first-order valence-electron chi connectivity index (χ1n) is 6.40. The zero-order valence-electron chi connectivity index (χ0n) is 11.4. The van der Waals surface area contributed by atoms with E-state index < -0.39 is 5.97 Å². The average molecular weight is 258 g/mol. The van der Waals surface area contributed by atoms with Crippen LogP contribution in [0.25, 0.3) is 10.9 Å². The van der Waals surface area contributed by atoms with E-state index >= 15 is 0 Å². The van der Waals surface area contributed by atoms with Crippen LogP contribution in [0.15, 0.2) is 30.3 Å². The zero-order valence-corrected chi connectivity index (χ0v) is 11.4. The molecule has 19 heavy (non-hydrogen) atoms. The number of para-hydroxylation sites is 1. The standard InChI is InChI=1S/C15H18N2O2/c1-4-10(2)17(3)14-12(15(18)19)9-11-7-5-6-8-13(11)16-14/h5-10H,4H2,1-3H3,(H,18,19). The van der Waals surface area contributed by atoms with Crippen LogP contribution < -0.4 is 4.90 Å². The Morgan fingerprint density at radius 1 is 1.42 bits per heavy atom. The maximum Gasteiger partial charge on any atom is 0.339 e. The van der Waals surface area contributed by atoms with Crippen molar-refractivity contribution in [2.45, 2.75) is 26.3 Å². The highest BCUT2D eigenvalue weighted by Gasteiger charge is 2.19. The normalized spacial score (nSPS) is 12.4. The number of anilines is 1. The number of fused-ring (bicyclic) bond motifs is 1. The van der Waals surface area contributed by atoms with Crippen molar-refractivity contribution in [3.8, 4) is 0 Å². The monoisotopic (exact) mass is 258 g/mol. The van der Waals surface area contributed by atoms with Crippen LogP contribution in [0.3, 0.4) is 0 Å². The summed E-state index contributed by atoms with van der Waals surface area (Å²) in [6.07, 6.45) is 0.935. The fourth-order valence-electron chi connectivity index (χ4n) is 2.01. The van der Waals surface area contributed by atoms with Crippen LogP contribution in [0.2, 0.25) is 0 Å². The van der Waals surface area contributed by atoms with Crippen molar-refractivity contribution in [2.75, 3.05) is 11.9 Å². The molecule has 0 fully saturated rings. The van der Waals surface area contributed by atoms with Crippen LogP contribution in [0.4, 0.5) is 5.82 Å². The molecule has 1 heterocycles. The van der Waals surface area contributed by atoms with E-state index in [1.54, 1.807) is 6.07 Å². The number of benzene rings is 1. The fourth-order valence-corrected chi connectivity index (χ4v) is 2.01. The number of carboxylic acids is 1. The van der Waals surface area contributed by atoms with Gasteiger partial charge in [-0.05, 0) is 25.5 Å². The zero-order chi connectivity index (χ0) is 14.0. The molecule has 100 valence electrons. The summed E-state index contributed by atoms with van der Waals surface area (Å²) in [4.78, 5) is 17.9. The van der Waals surface area contributed by atoms with E-state index in [1.807, 2.05) is 36.2 Å². The molecule has 0 amide bonds. The highest BCUT2D eigenvalue weighted by molar-refractivity contribution is 5.98. The molecular formula is C15H18N2O2. The second-order valence-corrected chi connectivity index (χ2v) is 4.73. The molecule has 0 aliphatic carbocycles. The highest BCUT2D eigenvalue weighted by Crippen LogP contribution is 2.24. The summed E-state index contributed by atoms with van der Waals surface area (Å²) in [6.45, 7) is 4.13. The molecule has 1 aromatic carbocycles. The third-order valence-corrected chi connectivity index (χ3v) is 3.52. The molecule has 0 aliphatic rings. The summed E-state index contributed by atoms with van der Waals surface area (Å²) < 4.78 is 0. The van der Waals surface area contributed by atoms with Crippen LogP contribution >= 0.6 is 0 Å². The van der Waals surface area contributed by atoms with Crippen molar-refractivity contribution < 1.29 is 9.90 Å². The number of aromatic carboxylic acids is 1. The summed E-state index contributed by atoms with van der Waals surface area (Å²) in [7, 11) is 1.89. The second kappa shape index (κ2) is 5.26. The number of rotatable bonds is 4. The number of aromatic nitrogens is 1. The Bertz CT molecular complexity index is 610. The van der Waals surface area contributed by atoms with Gasteiger partial charge in [0.15, 0.2) is 0 Å². The Kier molecular flexibility index (Phi) is 3.69. The van der Waals surface area contributed by atoms with Crippen molar-refractivity contribution in [3.05, 3.63) is 35.9 Å². The van der Waals surface area contributed by atoms with Gasteiger partial charge in [-0.2, -0.15) is 0 Å². The molecule has 2 rings (SSSR count). The maximum atomic E-state index is 11.4. The first-order chi connectivity index (χ1) is 9.04. The third-order valence-electron chi connectivity index (χ3n) is 3.52. The molecule has 0 aliphatic heterocycles. The van der Waals surface area contributed by atoms with Gasteiger partial charge in [-0.15, -0.1) is 0 Å². The molecule has 4 heteroatoms. The van der Waals surface area contributed by atoms with E-state index in [1.165, 1.54) is 0 Å². The van der Waals surface area contributed by atoms with Crippen LogP contribution in [-0.2, 0) is 0 Å². The molecule has 1 unspecified atom stereocenters. The first kappa shape index (κ1) is 13.3. The molecule has 1 atom stereocenters. The van der Waals surface area contributed by atoms with Gasteiger partial charge in [0, 0.05) is 18.5 Å². The molecule has 1 N–H and O–H groups in total. The lowest BCUT2D eigenvalue weighted by atomic mass is 10.1. The summed E-state index contributed by atoms with van der Waals surface area (Å²) >= 11 is 0. The van der Waals surface area contributed by atoms with Crippen LogP contribution in [0.1, 0.15) is 30.6 Å². The Hall–Kier alpha value is -2.10. The van der Waals surface area contributed by atoms with Gasteiger partial charge < -0.3 is 10.0 Å². The third kappa shape index (κ3) is 2.52. The number of pyridine rings is 1. The van der Waals surface area contributed by atoms with Crippen molar-refractivity contribution in [1.82, 2.24) is 4.98 Å². The van der Waals surface area contributed by atoms with Gasteiger partial charge in [-0.25, -0.2) is 9.78 Å². The second-order valence-electron chi connectivity index (χ2n) is 4.73. The summed E-state index contributed by atoms with van der Waals surface area (Å²) in [5.41, 5.74) is 1.07. The van der Waals surface area contributed by atoms with Gasteiger partial charge in [0.1, 0.15) is 11.4 Å². The van der Waals surface area contributed by atoms with E-state index in [-0.39, 0.29) is 11.6 Å². The molecule has 0 spiro atoms. The number of hydrogen-bond donors (Lipinski definition) is 1. The van der Waals surface area contributed by atoms with Crippen LogP contribution in [0, 0.1) is 0 Å². The van der Waals surface area contributed by atoms with E-state index in [0.717, 1.165) is 17.3 Å². The van der Waals surface area contributed by atoms with Gasteiger partial charge in [0.05, 0.1) is 5.52 Å². The summed E-state index contributed by atoms with van der Waals surface area (Å²) in [5.74, 6) is -0.413. The van der Waals surface area contributed by atoms with Gasteiger partial charge in [-0.1, -0.05) is 25.1 Å². The van der Waals surface area contributed by atoms with Crippen molar-refractivity contribution in [3.63, 3.8) is 0 Å². The lowest BCUT2D eigenvalue weighted by molar-refractivity contribution is 0.0697. The quantitative estimate of drug-likeness (QED) is 0.915. The topological polar surface area (TPSA) is 53.4 Å². The largest absolute Gasteiger partial charge is 0.478 e. The smallest absolute Gasteiger partial charge is 0.339 e. The van der Waals surface area contributed by atoms with E-state index in [4.69, 9.17) is 0 Å². The van der Waals surface area contributed by atoms with Gasteiger partial charge in [0.25, 0.3) is 0 Å². The fraction of sp³-hybridized carbons (Fsp3) is 0.333. The molecule has 1 aromatic heterocycles. The number of carbonyl (C=O) groups is 1. The summed E-state index contributed by atoms with van der Waals surface area (Å²) in [5, 5.41) is 10.2. The molecular weight excluding hydrogens is 240 g/mol. The highest BCUT2D eigenvalue weighted by atomic mass is 16.4. The van der Waals surface area contributed by atoms with Crippen LogP contribution in [0.5, 0.6) is 0 Å².